The molecule has 1 nitrogen and oxygen atoms in total. The lowest BCUT2D eigenvalue weighted by Crippen LogP contribution is -2.02. The molecule has 62 valence electrons. The second-order valence-electron chi connectivity index (χ2n) is 3.23. The van der Waals surface area contributed by atoms with E-state index < -0.39 is 0 Å². The highest BCUT2D eigenvalue weighted by atomic mass is 16.3. The monoisotopic (exact) mass is 160 g/mol. The van der Waals surface area contributed by atoms with Crippen molar-refractivity contribution in [2.24, 2.45) is 0 Å². The van der Waals surface area contributed by atoms with Gasteiger partial charge in [0, 0.05) is 6.42 Å². The molecule has 0 radical (unpaired) electrons. The number of fused-ring (bicyclic) bond motifs is 1. The fourth-order valence-corrected chi connectivity index (χ4v) is 1.70. The van der Waals surface area contributed by atoms with Crippen LogP contribution in [0, 0.1) is 0 Å². The Morgan fingerprint density at radius 2 is 1.92 bits per heavy atom. The molecule has 0 aliphatic heterocycles. The number of hydrogen-bond donors (Lipinski definition) is 1. The van der Waals surface area contributed by atoms with E-state index in [-0.39, 0.29) is 0 Å². The summed E-state index contributed by atoms with van der Waals surface area (Å²) in [4.78, 5) is 0. The van der Waals surface area contributed by atoms with Crippen LogP contribution in [0.1, 0.15) is 24.5 Å². The quantitative estimate of drug-likeness (QED) is 0.618. The van der Waals surface area contributed by atoms with Gasteiger partial charge in [-0.2, -0.15) is 0 Å². The first-order chi connectivity index (χ1) is 5.79. The van der Waals surface area contributed by atoms with E-state index in [1.807, 2.05) is 13.0 Å². The lowest BCUT2D eigenvalue weighted by molar-refractivity contribution is 0.388. The molecule has 1 aromatic rings. The van der Waals surface area contributed by atoms with Crippen LogP contribution in [0.5, 0.6) is 0 Å². The third-order valence-electron chi connectivity index (χ3n) is 2.49. The Morgan fingerprint density at radius 3 is 2.75 bits per heavy atom. The van der Waals surface area contributed by atoms with Crippen LogP contribution in [-0.2, 0) is 6.42 Å². The molecule has 2 rings (SSSR count). The first-order valence-electron chi connectivity index (χ1n) is 4.26. The highest BCUT2D eigenvalue weighted by Gasteiger charge is 2.13. The Balaban J connectivity index is 2.59. The number of allylic oxidation sites excluding steroid dienone is 2. The maximum Gasteiger partial charge on any atom is 0.0961 e. The summed E-state index contributed by atoms with van der Waals surface area (Å²) in [7, 11) is 0. The van der Waals surface area contributed by atoms with E-state index in [0.717, 1.165) is 18.4 Å². The van der Waals surface area contributed by atoms with Gasteiger partial charge in [-0.1, -0.05) is 24.3 Å². The molecule has 0 fully saturated rings. The lowest BCUT2D eigenvalue weighted by Gasteiger charge is -2.16. The van der Waals surface area contributed by atoms with Crippen LogP contribution < -0.4 is 0 Å². The second kappa shape index (κ2) is 2.67. The van der Waals surface area contributed by atoms with Crippen molar-refractivity contribution in [2.75, 3.05) is 0 Å². The van der Waals surface area contributed by atoms with E-state index in [1.165, 1.54) is 11.1 Å². The number of aliphatic hydroxyl groups is 1. The normalized spacial score (nSPS) is 16.1. The summed E-state index contributed by atoms with van der Waals surface area (Å²) in [5.74, 6) is 0.550. The van der Waals surface area contributed by atoms with Crippen molar-refractivity contribution in [1.82, 2.24) is 0 Å². The number of aryl methyl sites for hydroxylation is 1. The summed E-state index contributed by atoms with van der Waals surface area (Å²) in [6.45, 7) is 1.98. The number of aliphatic hydroxyl groups excluding tert-OH is 1. The zero-order chi connectivity index (χ0) is 8.55. The average molecular weight is 160 g/mol. The average Bonchev–Trinajstić information content (AvgIpc) is 2.12. The SMILES string of the molecule is CC1=C(O)CCc2ccccc21. The van der Waals surface area contributed by atoms with Gasteiger partial charge in [0.2, 0.25) is 0 Å². The summed E-state index contributed by atoms with van der Waals surface area (Å²) in [6.07, 6.45) is 1.77. The number of rotatable bonds is 0. The summed E-state index contributed by atoms with van der Waals surface area (Å²) >= 11 is 0. The predicted molar refractivity (Wildman–Crippen MR) is 50.0 cm³/mol. The van der Waals surface area contributed by atoms with E-state index in [0.29, 0.717) is 5.76 Å². The van der Waals surface area contributed by atoms with Gasteiger partial charge >= 0.3 is 0 Å². The molecule has 0 aromatic heterocycles. The van der Waals surface area contributed by atoms with Gasteiger partial charge < -0.3 is 5.11 Å². The van der Waals surface area contributed by atoms with Crippen LogP contribution in [-0.4, -0.2) is 5.11 Å². The Labute approximate surface area is 72.4 Å². The fourth-order valence-electron chi connectivity index (χ4n) is 1.70. The maximum absolute atomic E-state index is 9.50. The third kappa shape index (κ3) is 1.02. The van der Waals surface area contributed by atoms with Crippen LogP contribution >= 0.6 is 0 Å². The van der Waals surface area contributed by atoms with Crippen LogP contribution in [0.3, 0.4) is 0 Å². The largest absolute Gasteiger partial charge is 0.512 e. The molecule has 0 bridgehead atoms. The number of hydrogen-bond acceptors (Lipinski definition) is 1. The minimum Gasteiger partial charge on any atom is -0.512 e. The molecular formula is C11H12O. The Bertz CT molecular complexity index is 337. The molecule has 0 unspecified atom stereocenters. The lowest BCUT2D eigenvalue weighted by atomic mass is 9.91. The van der Waals surface area contributed by atoms with Gasteiger partial charge in [-0.25, -0.2) is 0 Å². The first-order valence-corrected chi connectivity index (χ1v) is 4.26. The van der Waals surface area contributed by atoms with Gasteiger partial charge in [0.25, 0.3) is 0 Å². The minimum atomic E-state index is 0.550. The highest BCUT2D eigenvalue weighted by Crippen LogP contribution is 2.28. The van der Waals surface area contributed by atoms with E-state index in [2.05, 4.69) is 18.2 Å². The molecule has 1 aliphatic carbocycles. The van der Waals surface area contributed by atoms with Gasteiger partial charge in [-0.15, -0.1) is 0 Å². The fraction of sp³-hybridized carbons (Fsp3) is 0.273. The zero-order valence-electron chi connectivity index (χ0n) is 7.17. The summed E-state index contributed by atoms with van der Waals surface area (Å²) in [5.41, 5.74) is 3.60. The predicted octanol–water partition coefficient (Wildman–Crippen LogP) is 2.92. The Hall–Kier alpha value is -1.24. The number of benzene rings is 1. The van der Waals surface area contributed by atoms with E-state index in [1.54, 1.807) is 0 Å². The molecule has 0 amide bonds. The topological polar surface area (TPSA) is 20.2 Å². The molecule has 12 heavy (non-hydrogen) atoms. The maximum atomic E-state index is 9.50. The molecule has 1 aliphatic rings. The van der Waals surface area contributed by atoms with Crippen LogP contribution in [0.25, 0.3) is 5.57 Å². The van der Waals surface area contributed by atoms with Crippen LogP contribution in [0.4, 0.5) is 0 Å². The Morgan fingerprint density at radius 1 is 1.17 bits per heavy atom. The molecule has 0 saturated carbocycles. The molecule has 1 heteroatoms. The van der Waals surface area contributed by atoms with Crippen LogP contribution in [0.2, 0.25) is 0 Å². The van der Waals surface area contributed by atoms with Crippen LogP contribution in [0.15, 0.2) is 30.0 Å². The second-order valence-corrected chi connectivity index (χ2v) is 3.23. The van der Waals surface area contributed by atoms with Crippen molar-refractivity contribution in [3.63, 3.8) is 0 Å². The van der Waals surface area contributed by atoms with Crippen molar-refractivity contribution in [3.05, 3.63) is 41.2 Å². The summed E-state index contributed by atoms with van der Waals surface area (Å²) < 4.78 is 0. The molecule has 0 saturated heterocycles. The molecule has 1 aromatic carbocycles. The smallest absolute Gasteiger partial charge is 0.0961 e. The Kier molecular flexibility index (Phi) is 1.65. The zero-order valence-corrected chi connectivity index (χ0v) is 7.17. The van der Waals surface area contributed by atoms with Gasteiger partial charge in [-0.05, 0) is 30.0 Å². The van der Waals surface area contributed by atoms with Gasteiger partial charge in [-0.3, -0.25) is 0 Å². The van der Waals surface area contributed by atoms with Crippen molar-refractivity contribution in [1.29, 1.82) is 0 Å². The van der Waals surface area contributed by atoms with Gasteiger partial charge in [0.05, 0.1) is 5.76 Å². The van der Waals surface area contributed by atoms with Crippen molar-refractivity contribution in [3.8, 4) is 0 Å². The molecule has 1 N–H and O–H groups in total. The third-order valence-corrected chi connectivity index (χ3v) is 2.49. The van der Waals surface area contributed by atoms with Gasteiger partial charge in [0.1, 0.15) is 0 Å². The molecular weight excluding hydrogens is 148 g/mol. The van der Waals surface area contributed by atoms with Crippen molar-refractivity contribution < 1.29 is 5.11 Å². The summed E-state index contributed by atoms with van der Waals surface area (Å²) in [6, 6.07) is 8.26. The molecule has 0 heterocycles. The van der Waals surface area contributed by atoms with E-state index >= 15 is 0 Å². The van der Waals surface area contributed by atoms with Crippen molar-refractivity contribution in [2.45, 2.75) is 19.8 Å². The first kappa shape index (κ1) is 7.41. The van der Waals surface area contributed by atoms with Gasteiger partial charge in [0.15, 0.2) is 0 Å². The van der Waals surface area contributed by atoms with E-state index in [9.17, 15) is 5.11 Å². The molecule has 0 spiro atoms. The highest BCUT2D eigenvalue weighted by molar-refractivity contribution is 5.69. The van der Waals surface area contributed by atoms with Crippen molar-refractivity contribution >= 4 is 5.57 Å². The van der Waals surface area contributed by atoms with E-state index in [4.69, 9.17) is 0 Å². The summed E-state index contributed by atoms with van der Waals surface area (Å²) in [5, 5.41) is 9.50. The minimum absolute atomic E-state index is 0.550. The molecule has 0 atom stereocenters. The standard InChI is InChI=1S/C11H12O/c1-8-10-5-3-2-4-9(10)6-7-11(8)12/h2-5,12H,6-7H2,1H3.